The summed E-state index contributed by atoms with van der Waals surface area (Å²) in [4.78, 5) is 189. The fourth-order valence-corrected chi connectivity index (χ4v) is 11.3. The highest BCUT2D eigenvalue weighted by Crippen LogP contribution is 2.21. The highest BCUT2D eigenvalue weighted by atomic mass is 16.4. The maximum absolute atomic E-state index is 14.9. The number of nitrogens with one attached hydrogen (secondary N) is 12. The van der Waals surface area contributed by atoms with Gasteiger partial charge in [-0.05, 0) is 112 Å². The smallest absolute Gasteiger partial charge is 0.326 e. The summed E-state index contributed by atoms with van der Waals surface area (Å²) in [7, 11) is 0. The number of carboxylic acids is 1. The number of carbonyl (C=O) groups is 12. The van der Waals surface area contributed by atoms with Crippen molar-refractivity contribution in [1.29, 1.82) is 0 Å². The number of nitrogens with two attached hydrogens (primary N) is 9. The molecule has 1 aromatic heterocycles. The van der Waals surface area contributed by atoms with E-state index in [0.29, 0.717) is 29.3 Å². The van der Waals surface area contributed by atoms with Gasteiger partial charge in [0.05, 0.1) is 6.04 Å². The second-order valence-corrected chi connectivity index (χ2v) is 28.9. The number of nitrogens with zero attached hydrogens (tertiary/aromatic N) is 4. The molecule has 0 aliphatic carbocycles. The molecule has 0 saturated carbocycles. The van der Waals surface area contributed by atoms with Crippen LogP contribution in [0.4, 0.5) is 0 Å². The molecule has 38 nitrogen and oxygen atoms in total. The molecule has 0 bridgehead atoms. The standard InChI is InChI=1S/C71H125N25O13/c1-14-39(11)54(65(106)92-50(33-42-34-85-44-23-17-16-22-43(42)44)60(101)87-45(24-18-28-81-68(73)74)57(98)90-48(67(108)109)27-21-31-84-71(79)80)95-59(100)47(26-20-30-83-70(77)78)89-64(105)53(38(9)10)93-56(97)41(13)86-63(104)52(37(7)8)94-66(107)55(40(12)15-2)96-61(102)49(32-35(3)4)91-58(99)46(25-19-29-82-69(75)76)88-62(103)51(72)36(5)6/h16-17,22-23,34-41,45-55,85H,14-15,18-21,24-33,72H2,1-13H3,(H,86,104)(H,87,101)(H,88,103)(H,89,105)(H,90,98)(H,91,99)(H,92,106)(H,93,97)(H,94,107)(H,95,100)(H,96,102)(H,108,109)(H4,73,74,81)(H4,75,76,82)(H4,77,78,83)(H4,79,80,84)/t39-,40-,41-,45-,46-,47-,48-,49-,50-,51-,52-,53-,54-,55-/m0/s1. The number of H-pyrrole nitrogens is 1. The first-order chi connectivity index (χ1) is 51.1. The van der Waals surface area contributed by atoms with Gasteiger partial charge in [-0.2, -0.15) is 0 Å². The first-order valence-electron chi connectivity index (χ1n) is 37.2. The molecule has 0 aliphatic rings. The lowest BCUT2D eigenvalue weighted by atomic mass is 9.95. The number of carbonyl (C=O) groups excluding carboxylic acids is 11. The summed E-state index contributed by atoms with van der Waals surface area (Å²) >= 11 is 0. The van der Waals surface area contributed by atoms with Gasteiger partial charge in [-0.15, -0.1) is 0 Å². The molecule has 38 heteroatoms. The monoisotopic (exact) mass is 1540 g/mol. The van der Waals surface area contributed by atoms with E-state index in [0.717, 1.165) is 0 Å². The quantitative estimate of drug-likeness (QED) is 0.0176. The molecule has 612 valence electrons. The number of para-hydroxylation sites is 1. The van der Waals surface area contributed by atoms with Gasteiger partial charge in [-0.1, -0.05) is 114 Å². The number of hydrogen-bond donors (Lipinski definition) is 22. The number of guanidine groups is 4. The van der Waals surface area contributed by atoms with Crippen LogP contribution in [0, 0.1) is 35.5 Å². The Kier molecular flexibility index (Phi) is 41.6. The van der Waals surface area contributed by atoms with Crippen LogP contribution >= 0.6 is 0 Å². The van der Waals surface area contributed by atoms with Gasteiger partial charge in [0, 0.05) is 49.7 Å². The molecule has 109 heavy (non-hydrogen) atoms. The Bertz CT molecular complexity index is 3450. The van der Waals surface area contributed by atoms with Gasteiger partial charge in [-0.25, -0.2) is 4.79 Å². The number of aromatic amines is 1. The van der Waals surface area contributed by atoms with E-state index in [4.69, 9.17) is 51.6 Å². The number of aliphatic carboxylic acids is 1. The Morgan fingerprint density at radius 1 is 0.394 bits per heavy atom. The number of aliphatic imine (C=N–C) groups is 4. The largest absolute Gasteiger partial charge is 0.480 e. The summed E-state index contributed by atoms with van der Waals surface area (Å²) in [5, 5.41) is 40.6. The van der Waals surface area contributed by atoms with E-state index < -0.39 is 167 Å². The second kappa shape index (κ2) is 48.0. The van der Waals surface area contributed by atoms with Crippen LogP contribution in [-0.2, 0) is 64.0 Å². The van der Waals surface area contributed by atoms with E-state index in [9.17, 15) is 62.6 Å². The summed E-state index contributed by atoms with van der Waals surface area (Å²) in [5.41, 5.74) is 51.6. The van der Waals surface area contributed by atoms with E-state index in [1.165, 1.54) is 6.92 Å². The predicted molar refractivity (Wildman–Crippen MR) is 417 cm³/mol. The van der Waals surface area contributed by atoms with Crippen molar-refractivity contribution in [1.82, 2.24) is 63.5 Å². The van der Waals surface area contributed by atoms with Crippen LogP contribution in [0.1, 0.15) is 166 Å². The molecule has 2 rings (SSSR count). The first kappa shape index (κ1) is 94.5. The Balaban J connectivity index is 2.52. The predicted octanol–water partition coefficient (Wildman–Crippen LogP) is -3.20. The van der Waals surface area contributed by atoms with E-state index in [1.54, 1.807) is 99.7 Å². The van der Waals surface area contributed by atoms with E-state index in [-0.39, 0.29) is 126 Å². The maximum atomic E-state index is 14.9. The van der Waals surface area contributed by atoms with Crippen molar-refractivity contribution in [2.75, 3.05) is 26.2 Å². The van der Waals surface area contributed by atoms with Crippen LogP contribution in [0.25, 0.3) is 10.9 Å². The lowest BCUT2D eigenvalue weighted by Gasteiger charge is -2.31. The summed E-state index contributed by atoms with van der Waals surface area (Å²) < 4.78 is 0. The van der Waals surface area contributed by atoms with Crippen molar-refractivity contribution in [2.24, 2.45) is 107 Å². The highest BCUT2D eigenvalue weighted by Gasteiger charge is 2.39. The van der Waals surface area contributed by atoms with Crippen LogP contribution in [0.5, 0.6) is 0 Å². The minimum atomic E-state index is -1.47. The Morgan fingerprint density at radius 2 is 0.725 bits per heavy atom. The summed E-state index contributed by atoms with van der Waals surface area (Å²) in [6, 6.07) is -8.54. The Morgan fingerprint density at radius 3 is 1.14 bits per heavy atom. The third-order valence-corrected chi connectivity index (χ3v) is 18.2. The van der Waals surface area contributed by atoms with Crippen molar-refractivity contribution in [3.05, 3.63) is 36.0 Å². The number of rotatable bonds is 50. The molecule has 0 radical (unpaired) electrons. The molecule has 1 aromatic carbocycles. The normalized spacial score (nSPS) is 15.1. The van der Waals surface area contributed by atoms with Gasteiger partial charge in [0.1, 0.15) is 66.5 Å². The van der Waals surface area contributed by atoms with Gasteiger partial charge < -0.3 is 120 Å². The molecule has 11 amide bonds. The summed E-state index contributed by atoms with van der Waals surface area (Å²) in [6.07, 6.45) is 2.69. The molecule has 2 aromatic rings. The number of amides is 11. The first-order valence-corrected chi connectivity index (χ1v) is 37.2. The zero-order valence-electron chi connectivity index (χ0n) is 65.4. The molecule has 0 aliphatic heterocycles. The van der Waals surface area contributed by atoms with Gasteiger partial charge in [0.2, 0.25) is 65.0 Å². The molecule has 0 spiro atoms. The van der Waals surface area contributed by atoms with Crippen LogP contribution in [0.3, 0.4) is 0 Å². The molecule has 0 fully saturated rings. The summed E-state index contributed by atoms with van der Waals surface area (Å²) in [6.45, 7) is 22.2. The van der Waals surface area contributed by atoms with Crippen LogP contribution in [-0.4, -0.2) is 204 Å². The third kappa shape index (κ3) is 34.1. The minimum absolute atomic E-state index is 0.0000882. The number of fused-ring (bicyclic) bond motifs is 1. The molecular formula is C71H125N25O13. The number of carboxylic acid groups (broad SMARTS) is 1. The SMILES string of the molecule is CC[C@H](C)[C@H](NC(=O)[C@H](CCCN=C(N)N)NC(=O)[C@@H](NC(=O)[C@H](C)NC(=O)[C@@H](NC(=O)[C@@H](NC(=O)[C@H](CC(C)C)NC(=O)[C@H](CCCN=C(N)N)NC(=O)[C@@H](N)C(C)C)[C@@H](C)CC)C(C)C)C(C)C)C(=O)N[C@@H](Cc1c[nH]c2ccccc12)C(=O)N[C@@H](CCCN=C(N)N)C(=O)N[C@@H](CCCN=C(N)N)C(=O)O. The molecule has 0 unspecified atom stereocenters. The number of aromatic nitrogens is 1. The van der Waals surface area contributed by atoms with Crippen molar-refractivity contribution < 1.29 is 62.6 Å². The van der Waals surface area contributed by atoms with Crippen molar-refractivity contribution >= 4 is 106 Å². The second-order valence-electron chi connectivity index (χ2n) is 28.9. The lowest BCUT2D eigenvalue weighted by Crippen LogP contribution is -2.62. The average Bonchev–Trinajstić information content (AvgIpc) is 1.44. The average molecular weight is 1540 g/mol. The van der Waals surface area contributed by atoms with E-state index in [2.05, 4.69) is 83.4 Å². The van der Waals surface area contributed by atoms with E-state index in [1.807, 2.05) is 13.8 Å². The zero-order chi connectivity index (χ0) is 82.5. The fraction of sp³-hybridized carbons (Fsp3) is 0.662. The topological polar surface area (TPSA) is 657 Å². The van der Waals surface area contributed by atoms with Crippen molar-refractivity contribution in [3.63, 3.8) is 0 Å². The van der Waals surface area contributed by atoms with Crippen LogP contribution in [0.15, 0.2) is 50.4 Å². The number of benzene rings is 1. The fourth-order valence-electron chi connectivity index (χ4n) is 11.3. The number of hydrogen-bond acceptors (Lipinski definition) is 17. The van der Waals surface area contributed by atoms with Gasteiger partial charge in [-0.3, -0.25) is 72.7 Å². The molecule has 0 saturated heterocycles. The molecule has 31 N–H and O–H groups in total. The van der Waals surface area contributed by atoms with Gasteiger partial charge in [0.15, 0.2) is 23.8 Å². The lowest BCUT2D eigenvalue weighted by molar-refractivity contribution is -0.142. The van der Waals surface area contributed by atoms with E-state index >= 15 is 0 Å². The Hall–Kier alpha value is -10.6. The highest BCUT2D eigenvalue weighted by molar-refractivity contribution is 6.00. The van der Waals surface area contributed by atoms with Gasteiger partial charge >= 0.3 is 5.97 Å². The van der Waals surface area contributed by atoms with Gasteiger partial charge in [0.25, 0.3) is 0 Å². The minimum Gasteiger partial charge on any atom is -0.480 e. The molecular weight excluding hydrogens is 1410 g/mol. The molecule has 14 atom stereocenters. The maximum Gasteiger partial charge on any atom is 0.326 e. The molecule has 1 heterocycles. The van der Waals surface area contributed by atoms with Crippen LogP contribution < -0.4 is 110 Å². The summed E-state index contributed by atoms with van der Waals surface area (Å²) in [5.74, 6) is -13.8. The third-order valence-electron chi connectivity index (χ3n) is 18.2. The van der Waals surface area contributed by atoms with Crippen molar-refractivity contribution in [2.45, 2.75) is 240 Å². The zero-order valence-corrected chi connectivity index (χ0v) is 65.4. The Labute approximate surface area is 638 Å². The van der Waals surface area contributed by atoms with Crippen LogP contribution in [0.2, 0.25) is 0 Å². The van der Waals surface area contributed by atoms with Crippen molar-refractivity contribution in [3.8, 4) is 0 Å².